The maximum Gasteiger partial charge on any atom is 0.127 e. The van der Waals surface area contributed by atoms with Crippen LogP contribution in [0.1, 0.15) is 33.6 Å². The second-order valence-corrected chi connectivity index (χ2v) is 6.07. The standard InChI is InChI=1S/C12H23NOS/c1-4-5-12(3,10-14)9-13-6-7-15-8-11(13)2/h10-11H,4-9H2,1-3H3. The summed E-state index contributed by atoms with van der Waals surface area (Å²) in [6.45, 7) is 8.59. The van der Waals surface area contributed by atoms with Crippen LogP contribution in [0, 0.1) is 5.41 Å². The minimum atomic E-state index is -0.134. The lowest BCUT2D eigenvalue weighted by atomic mass is 9.86. The first-order chi connectivity index (χ1) is 7.11. The van der Waals surface area contributed by atoms with Crippen molar-refractivity contribution in [3.63, 3.8) is 0 Å². The zero-order valence-electron chi connectivity index (χ0n) is 10.2. The number of carbonyl (C=O) groups is 1. The molecular formula is C12H23NOS. The third-order valence-electron chi connectivity index (χ3n) is 3.18. The van der Waals surface area contributed by atoms with Crippen LogP contribution >= 0.6 is 11.8 Å². The van der Waals surface area contributed by atoms with Crippen molar-refractivity contribution in [3.8, 4) is 0 Å². The molecule has 1 fully saturated rings. The largest absolute Gasteiger partial charge is 0.303 e. The van der Waals surface area contributed by atoms with Crippen molar-refractivity contribution in [1.29, 1.82) is 0 Å². The Morgan fingerprint density at radius 2 is 2.33 bits per heavy atom. The van der Waals surface area contributed by atoms with Gasteiger partial charge in [0.2, 0.25) is 0 Å². The molecule has 0 radical (unpaired) electrons. The number of aldehydes is 1. The molecule has 0 amide bonds. The van der Waals surface area contributed by atoms with Gasteiger partial charge in [-0.15, -0.1) is 0 Å². The molecule has 0 aromatic heterocycles. The Morgan fingerprint density at radius 3 is 2.87 bits per heavy atom. The highest BCUT2D eigenvalue weighted by molar-refractivity contribution is 7.99. The zero-order chi connectivity index (χ0) is 11.3. The predicted octanol–water partition coefficient (Wildman–Crippen LogP) is 2.43. The minimum absolute atomic E-state index is 0.134. The monoisotopic (exact) mass is 229 g/mol. The van der Waals surface area contributed by atoms with E-state index in [0.29, 0.717) is 6.04 Å². The fraction of sp³-hybridized carbons (Fsp3) is 0.917. The van der Waals surface area contributed by atoms with Gasteiger partial charge in [0.25, 0.3) is 0 Å². The molecule has 0 aromatic rings. The van der Waals surface area contributed by atoms with E-state index >= 15 is 0 Å². The highest BCUT2D eigenvalue weighted by Crippen LogP contribution is 2.25. The summed E-state index contributed by atoms with van der Waals surface area (Å²) in [5.74, 6) is 2.42. The summed E-state index contributed by atoms with van der Waals surface area (Å²) < 4.78 is 0. The molecule has 1 aliphatic rings. The van der Waals surface area contributed by atoms with Crippen LogP contribution in [0.2, 0.25) is 0 Å². The average Bonchev–Trinajstić information content (AvgIpc) is 2.22. The normalized spacial score (nSPS) is 27.3. The van der Waals surface area contributed by atoms with Gasteiger partial charge in [-0.1, -0.05) is 20.3 Å². The Kier molecular flexibility index (Phi) is 5.13. The van der Waals surface area contributed by atoms with E-state index in [9.17, 15) is 4.79 Å². The van der Waals surface area contributed by atoms with E-state index in [1.165, 1.54) is 11.5 Å². The maximum atomic E-state index is 11.2. The third-order valence-corrected chi connectivity index (χ3v) is 4.36. The van der Waals surface area contributed by atoms with Gasteiger partial charge in [-0.2, -0.15) is 11.8 Å². The number of hydrogen-bond acceptors (Lipinski definition) is 3. The van der Waals surface area contributed by atoms with E-state index < -0.39 is 0 Å². The molecule has 2 atom stereocenters. The number of thioether (sulfide) groups is 1. The molecule has 1 rings (SSSR count). The Hall–Kier alpha value is -0.0200. The van der Waals surface area contributed by atoms with Crippen LogP contribution in [0.25, 0.3) is 0 Å². The van der Waals surface area contributed by atoms with E-state index in [0.717, 1.165) is 32.2 Å². The molecule has 0 spiro atoms. The minimum Gasteiger partial charge on any atom is -0.303 e. The zero-order valence-corrected chi connectivity index (χ0v) is 11.0. The first-order valence-corrected chi connectivity index (χ1v) is 7.05. The fourth-order valence-electron chi connectivity index (χ4n) is 2.21. The number of nitrogens with zero attached hydrogens (tertiary/aromatic N) is 1. The first kappa shape index (κ1) is 13.0. The third kappa shape index (κ3) is 3.80. The van der Waals surface area contributed by atoms with Gasteiger partial charge in [0.15, 0.2) is 0 Å². The number of rotatable bonds is 5. The molecule has 1 heterocycles. The van der Waals surface area contributed by atoms with Crippen LogP contribution in [-0.2, 0) is 4.79 Å². The van der Waals surface area contributed by atoms with Gasteiger partial charge in [-0.25, -0.2) is 0 Å². The highest BCUT2D eigenvalue weighted by atomic mass is 32.2. The van der Waals surface area contributed by atoms with Crippen molar-refractivity contribution < 1.29 is 4.79 Å². The SMILES string of the molecule is CCCC(C)(C=O)CN1CCSCC1C. The lowest BCUT2D eigenvalue weighted by molar-refractivity contribution is -0.117. The predicted molar refractivity (Wildman–Crippen MR) is 67.4 cm³/mol. The molecular weight excluding hydrogens is 206 g/mol. The molecule has 0 N–H and O–H groups in total. The van der Waals surface area contributed by atoms with Crippen LogP contribution in [0.15, 0.2) is 0 Å². The topological polar surface area (TPSA) is 20.3 Å². The smallest absolute Gasteiger partial charge is 0.127 e. The summed E-state index contributed by atoms with van der Waals surface area (Å²) in [7, 11) is 0. The molecule has 88 valence electrons. The Labute approximate surface area is 97.8 Å². The van der Waals surface area contributed by atoms with Gasteiger partial charge >= 0.3 is 0 Å². The Bertz CT molecular complexity index is 210. The molecule has 2 unspecified atom stereocenters. The van der Waals surface area contributed by atoms with E-state index in [2.05, 4.69) is 25.7 Å². The molecule has 2 nitrogen and oxygen atoms in total. The molecule has 15 heavy (non-hydrogen) atoms. The molecule has 0 bridgehead atoms. The van der Waals surface area contributed by atoms with Gasteiger partial charge in [0, 0.05) is 36.1 Å². The lowest BCUT2D eigenvalue weighted by Crippen LogP contribution is -2.46. The van der Waals surface area contributed by atoms with E-state index in [1.54, 1.807) is 0 Å². The van der Waals surface area contributed by atoms with Crippen molar-refractivity contribution in [1.82, 2.24) is 4.90 Å². The van der Waals surface area contributed by atoms with Crippen LogP contribution < -0.4 is 0 Å². The summed E-state index contributed by atoms with van der Waals surface area (Å²) in [4.78, 5) is 13.6. The average molecular weight is 229 g/mol. The molecule has 3 heteroatoms. The number of carbonyl (C=O) groups excluding carboxylic acids is 1. The summed E-state index contributed by atoms with van der Waals surface area (Å²) in [5, 5.41) is 0. The van der Waals surface area contributed by atoms with E-state index in [1.807, 2.05) is 11.8 Å². The summed E-state index contributed by atoms with van der Waals surface area (Å²) in [5.41, 5.74) is -0.134. The molecule has 0 aliphatic carbocycles. The molecule has 1 aliphatic heterocycles. The maximum absolute atomic E-state index is 11.2. The van der Waals surface area contributed by atoms with Gasteiger partial charge in [-0.3, -0.25) is 4.90 Å². The summed E-state index contributed by atoms with van der Waals surface area (Å²) in [6, 6.07) is 0.625. The summed E-state index contributed by atoms with van der Waals surface area (Å²) in [6.07, 6.45) is 3.25. The second-order valence-electron chi connectivity index (χ2n) is 4.92. The summed E-state index contributed by atoms with van der Waals surface area (Å²) >= 11 is 2.02. The molecule has 0 saturated carbocycles. The van der Waals surface area contributed by atoms with Crippen molar-refractivity contribution in [2.75, 3.05) is 24.6 Å². The highest BCUT2D eigenvalue weighted by Gasteiger charge is 2.29. The van der Waals surface area contributed by atoms with E-state index in [-0.39, 0.29) is 5.41 Å². The van der Waals surface area contributed by atoms with Gasteiger partial charge in [0.05, 0.1) is 0 Å². The second kappa shape index (κ2) is 5.90. The van der Waals surface area contributed by atoms with Crippen molar-refractivity contribution in [2.45, 2.75) is 39.7 Å². The van der Waals surface area contributed by atoms with Crippen LogP contribution in [-0.4, -0.2) is 41.8 Å². The quantitative estimate of drug-likeness (QED) is 0.675. The molecule has 0 aromatic carbocycles. The van der Waals surface area contributed by atoms with Crippen LogP contribution in [0.5, 0.6) is 0 Å². The molecule has 1 saturated heterocycles. The number of hydrogen-bond donors (Lipinski definition) is 0. The first-order valence-electron chi connectivity index (χ1n) is 5.89. The van der Waals surface area contributed by atoms with Gasteiger partial charge in [-0.05, 0) is 13.3 Å². The van der Waals surface area contributed by atoms with Gasteiger partial charge in [0.1, 0.15) is 6.29 Å². The Balaban J connectivity index is 2.52. The van der Waals surface area contributed by atoms with E-state index in [4.69, 9.17) is 0 Å². The lowest BCUT2D eigenvalue weighted by Gasteiger charge is -2.38. The van der Waals surface area contributed by atoms with Crippen LogP contribution in [0.3, 0.4) is 0 Å². The van der Waals surface area contributed by atoms with Crippen molar-refractivity contribution in [3.05, 3.63) is 0 Å². The van der Waals surface area contributed by atoms with Gasteiger partial charge < -0.3 is 4.79 Å². The van der Waals surface area contributed by atoms with Crippen molar-refractivity contribution in [2.24, 2.45) is 5.41 Å². The Morgan fingerprint density at radius 1 is 1.60 bits per heavy atom. The van der Waals surface area contributed by atoms with Crippen molar-refractivity contribution >= 4 is 18.0 Å². The fourth-order valence-corrected chi connectivity index (χ4v) is 3.29. The van der Waals surface area contributed by atoms with Crippen LogP contribution in [0.4, 0.5) is 0 Å².